The number of nitrogens with zero attached hydrogens (tertiary/aromatic N) is 1. The average molecular weight is 267 g/mol. The third-order valence-corrected chi connectivity index (χ3v) is 4.09. The maximum absolute atomic E-state index is 6.36. The van der Waals surface area contributed by atoms with E-state index in [0.717, 1.165) is 18.0 Å². The Labute approximate surface area is 115 Å². The Balaban J connectivity index is 2.33. The van der Waals surface area contributed by atoms with Gasteiger partial charge in [0.15, 0.2) is 0 Å². The Morgan fingerprint density at radius 3 is 2.89 bits per heavy atom. The molecule has 3 heteroatoms. The molecule has 2 atom stereocenters. The Bertz CT molecular complexity index is 403. The normalized spacial score (nSPS) is 22.0. The molecule has 1 aliphatic rings. The SMILES string of the molecule is CC(N)Cc1c(Cl)cccc1N1CCCCC1C. The molecule has 2 rings (SSSR count). The molecule has 18 heavy (non-hydrogen) atoms. The van der Waals surface area contributed by atoms with E-state index < -0.39 is 0 Å². The summed E-state index contributed by atoms with van der Waals surface area (Å²) in [7, 11) is 0. The summed E-state index contributed by atoms with van der Waals surface area (Å²) in [6.07, 6.45) is 4.72. The zero-order valence-corrected chi connectivity index (χ0v) is 12.1. The maximum atomic E-state index is 6.36. The molecule has 1 aromatic rings. The fourth-order valence-corrected chi connectivity index (χ4v) is 3.04. The first-order valence-electron chi connectivity index (χ1n) is 6.89. The summed E-state index contributed by atoms with van der Waals surface area (Å²) in [6, 6.07) is 6.94. The Morgan fingerprint density at radius 2 is 2.22 bits per heavy atom. The highest BCUT2D eigenvalue weighted by atomic mass is 35.5. The number of hydrogen-bond acceptors (Lipinski definition) is 2. The molecule has 0 aromatic heterocycles. The molecule has 1 heterocycles. The van der Waals surface area contributed by atoms with Crippen LogP contribution in [0.1, 0.15) is 38.7 Å². The molecule has 2 N–H and O–H groups in total. The van der Waals surface area contributed by atoms with Gasteiger partial charge in [-0.05, 0) is 57.2 Å². The standard InChI is InChI=1S/C15H23ClN2/c1-11(17)10-13-14(16)7-5-8-15(13)18-9-4-3-6-12(18)2/h5,7-8,11-12H,3-4,6,9-10,17H2,1-2H3. The van der Waals surface area contributed by atoms with Crippen LogP contribution < -0.4 is 10.6 Å². The molecule has 1 fully saturated rings. The summed E-state index contributed by atoms with van der Waals surface area (Å²) in [6.45, 7) is 5.47. The first-order chi connectivity index (χ1) is 8.59. The van der Waals surface area contributed by atoms with Crippen LogP contribution in [0.5, 0.6) is 0 Å². The molecule has 100 valence electrons. The second kappa shape index (κ2) is 5.94. The molecule has 0 radical (unpaired) electrons. The molecule has 1 aromatic carbocycles. The van der Waals surface area contributed by atoms with Crippen LogP contribution in [0, 0.1) is 0 Å². The van der Waals surface area contributed by atoms with Crippen molar-refractivity contribution in [2.75, 3.05) is 11.4 Å². The van der Waals surface area contributed by atoms with Crippen LogP contribution in [0.2, 0.25) is 5.02 Å². The number of hydrogen-bond donors (Lipinski definition) is 1. The lowest BCUT2D eigenvalue weighted by atomic mass is 9.99. The third kappa shape index (κ3) is 2.99. The molecular formula is C15H23ClN2. The van der Waals surface area contributed by atoms with Crippen LogP contribution in [-0.4, -0.2) is 18.6 Å². The first-order valence-corrected chi connectivity index (χ1v) is 7.27. The van der Waals surface area contributed by atoms with Crippen molar-refractivity contribution in [1.82, 2.24) is 0 Å². The lowest BCUT2D eigenvalue weighted by Gasteiger charge is -2.37. The van der Waals surface area contributed by atoms with Crippen molar-refractivity contribution in [2.24, 2.45) is 5.73 Å². The zero-order valence-electron chi connectivity index (χ0n) is 11.3. The highest BCUT2D eigenvalue weighted by molar-refractivity contribution is 6.31. The number of piperidine rings is 1. The monoisotopic (exact) mass is 266 g/mol. The van der Waals surface area contributed by atoms with E-state index in [1.165, 1.54) is 30.5 Å². The summed E-state index contributed by atoms with van der Waals surface area (Å²) < 4.78 is 0. The highest BCUT2D eigenvalue weighted by Gasteiger charge is 2.22. The topological polar surface area (TPSA) is 29.3 Å². The quantitative estimate of drug-likeness (QED) is 0.906. The van der Waals surface area contributed by atoms with E-state index in [-0.39, 0.29) is 6.04 Å². The maximum Gasteiger partial charge on any atom is 0.0459 e. The lowest BCUT2D eigenvalue weighted by Crippen LogP contribution is -2.38. The van der Waals surface area contributed by atoms with Crippen molar-refractivity contribution in [3.63, 3.8) is 0 Å². The van der Waals surface area contributed by atoms with Gasteiger partial charge in [0.25, 0.3) is 0 Å². The highest BCUT2D eigenvalue weighted by Crippen LogP contribution is 2.32. The van der Waals surface area contributed by atoms with E-state index >= 15 is 0 Å². The predicted octanol–water partition coefficient (Wildman–Crippen LogP) is 3.61. The predicted molar refractivity (Wildman–Crippen MR) is 79.5 cm³/mol. The van der Waals surface area contributed by atoms with Gasteiger partial charge in [0.1, 0.15) is 0 Å². The number of halogens is 1. The van der Waals surface area contributed by atoms with E-state index in [1.54, 1.807) is 0 Å². The molecule has 1 aliphatic heterocycles. The van der Waals surface area contributed by atoms with Crippen LogP contribution in [0.4, 0.5) is 5.69 Å². The summed E-state index contributed by atoms with van der Waals surface area (Å²) in [5.74, 6) is 0. The third-order valence-electron chi connectivity index (χ3n) is 3.73. The fourth-order valence-electron chi connectivity index (χ4n) is 2.80. The van der Waals surface area contributed by atoms with E-state index in [2.05, 4.69) is 17.9 Å². The minimum Gasteiger partial charge on any atom is -0.369 e. The van der Waals surface area contributed by atoms with Gasteiger partial charge in [0, 0.05) is 29.3 Å². The summed E-state index contributed by atoms with van der Waals surface area (Å²) >= 11 is 6.36. The van der Waals surface area contributed by atoms with Gasteiger partial charge in [0.2, 0.25) is 0 Å². The summed E-state index contributed by atoms with van der Waals surface area (Å²) in [5.41, 5.74) is 8.44. The zero-order chi connectivity index (χ0) is 13.1. The molecule has 1 saturated heterocycles. The minimum absolute atomic E-state index is 0.142. The van der Waals surface area contributed by atoms with Crippen molar-refractivity contribution in [2.45, 2.75) is 51.6 Å². The van der Waals surface area contributed by atoms with E-state index in [0.29, 0.717) is 6.04 Å². The van der Waals surface area contributed by atoms with Crippen LogP contribution in [0.15, 0.2) is 18.2 Å². The first kappa shape index (κ1) is 13.7. The Morgan fingerprint density at radius 1 is 1.44 bits per heavy atom. The van der Waals surface area contributed by atoms with Crippen LogP contribution in [-0.2, 0) is 6.42 Å². The summed E-state index contributed by atoms with van der Waals surface area (Å²) in [5, 5.41) is 0.850. The van der Waals surface area contributed by atoms with Gasteiger partial charge >= 0.3 is 0 Å². The van der Waals surface area contributed by atoms with Crippen molar-refractivity contribution < 1.29 is 0 Å². The van der Waals surface area contributed by atoms with Gasteiger partial charge in [-0.25, -0.2) is 0 Å². The molecule has 2 unspecified atom stereocenters. The summed E-state index contributed by atoms with van der Waals surface area (Å²) in [4.78, 5) is 2.49. The van der Waals surface area contributed by atoms with Gasteiger partial charge in [-0.1, -0.05) is 17.7 Å². The molecule has 2 nitrogen and oxygen atoms in total. The fraction of sp³-hybridized carbons (Fsp3) is 0.600. The van der Waals surface area contributed by atoms with Crippen molar-refractivity contribution in [3.8, 4) is 0 Å². The lowest BCUT2D eigenvalue weighted by molar-refractivity contribution is 0.483. The van der Waals surface area contributed by atoms with Crippen LogP contribution in [0.3, 0.4) is 0 Å². The second-order valence-electron chi connectivity index (χ2n) is 5.46. The van der Waals surface area contributed by atoms with Gasteiger partial charge in [0.05, 0.1) is 0 Å². The van der Waals surface area contributed by atoms with Crippen molar-refractivity contribution in [3.05, 3.63) is 28.8 Å². The minimum atomic E-state index is 0.142. The second-order valence-corrected chi connectivity index (χ2v) is 5.86. The molecule has 0 bridgehead atoms. The van der Waals surface area contributed by atoms with Crippen molar-refractivity contribution in [1.29, 1.82) is 0 Å². The van der Waals surface area contributed by atoms with E-state index in [1.807, 2.05) is 19.1 Å². The number of rotatable bonds is 3. The molecule has 0 saturated carbocycles. The largest absolute Gasteiger partial charge is 0.369 e. The van der Waals surface area contributed by atoms with Gasteiger partial charge < -0.3 is 10.6 Å². The smallest absolute Gasteiger partial charge is 0.0459 e. The number of benzene rings is 1. The Kier molecular flexibility index (Phi) is 4.52. The van der Waals surface area contributed by atoms with Gasteiger partial charge in [-0.3, -0.25) is 0 Å². The van der Waals surface area contributed by atoms with Gasteiger partial charge in [-0.15, -0.1) is 0 Å². The molecule has 0 spiro atoms. The van der Waals surface area contributed by atoms with E-state index in [9.17, 15) is 0 Å². The Hall–Kier alpha value is -0.730. The molecular weight excluding hydrogens is 244 g/mol. The van der Waals surface area contributed by atoms with Gasteiger partial charge in [-0.2, -0.15) is 0 Å². The van der Waals surface area contributed by atoms with Crippen LogP contribution in [0.25, 0.3) is 0 Å². The van der Waals surface area contributed by atoms with E-state index in [4.69, 9.17) is 17.3 Å². The van der Waals surface area contributed by atoms with Crippen LogP contribution >= 0.6 is 11.6 Å². The number of nitrogens with two attached hydrogens (primary N) is 1. The van der Waals surface area contributed by atoms with Crippen molar-refractivity contribution >= 4 is 17.3 Å². The molecule has 0 aliphatic carbocycles. The molecule has 0 amide bonds. The number of anilines is 1. The average Bonchev–Trinajstić information content (AvgIpc) is 2.32.